The van der Waals surface area contributed by atoms with Crippen molar-refractivity contribution in [1.29, 1.82) is 0 Å². The molecule has 24 heavy (non-hydrogen) atoms. The first-order valence-electron chi connectivity index (χ1n) is 7.62. The minimum atomic E-state index is -0.404. The third-order valence-electron chi connectivity index (χ3n) is 3.92. The topological polar surface area (TPSA) is 42.8 Å². The van der Waals surface area contributed by atoms with Crippen molar-refractivity contribution in [3.05, 3.63) is 58.9 Å². The van der Waals surface area contributed by atoms with Gasteiger partial charge in [0.25, 0.3) is 5.91 Å². The SMILES string of the molecule is COc1ccc(C[NH+](C)[C@@H](C)C(=O)Nc2cccc(Cl)c2)cc1F. The van der Waals surface area contributed by atoms with E-state index in [1.54, 1.807) is 36.4 Å². The molecule has 1 unspecified atom stereocenters. The molecule has 2 rings (SSSR count). The molecular weight excluding hydrogens is 331 g/mol. The van der Waals surface area contributed by atoms with Crippen LogP contribution in [0.25, 0.3) is 0 Å². The molecule has 4 nitrogen and oxygen atoms in total. The highest BCUT2D eigenvalue weighted by molar-refractivity contribution is 6.30. The molecule has 0 aliphatic rings. The highest BCUT2D eigenvalue weighted by Gasteiger charge is 2.22. The number of quaternary nitrogens is 1. The average molecular weight is 352 g/mol. The van der Waals surface area contributed by atoms with Crippen molar-refractivity contribution < 1.29 is 18.8 Å². The van der Waals surface area contributed by atoms with Gasteiger partial charge in [-0.05, 0) is 43.3 Å². The molecule has 2 N–H and O–H groups in total. The maximum absolute atomic E-state index is 13.8. The van der Waals surface area contributed by atoms with Gasteiger partial charge in [-0.3, -0.25) is 4.79 Å². The van der Waals surface area contributed by atoms with Crippen molar-refractivity contribution in [3.8, 4) is 5.75 Å². The molecule has 1 amide bonds. The quantitative estimate of drug-likeness (QED) is 0.840. The van der Waals surface area contributed by atoms with E-state index in [0.717, 1.165) is 10.5 Å². The number of likely N-dealkylation sites (N-methyl/N-ethyl adjacent to an activating group) is 1. The Morgan fingerprint density at radius 3 is 2.71 bits per heavy atom. The molecular formula is C18H21ClFN2O2+. The molecule has 2 atom stereocenters. The van der Waals surface area contributed by atoms with Gasteiger partial charge in [0.15, 0.2) is 17.6 Å². The Balaban J connectivity index is 1.99. The van der Waals surface area contributed by atoms with E-state index >= 15 is 0 Å². The number of nitrogens with one attached hydrogen (secondary N) is 2. The molecule has 0 heterocycles. The lowest BCUT2D eigenvalue weighted by molar-refractivity contribution is -0.907. The number of halogens is 2. The zero-order valence-corrected chi connectivity index (χ0v) is 14.7. The van der Waals surface area contributed by atoms with Gasteiger partial charge in [0, 0.05) is 16.3 Å². The van der Waals surface area contributed by atoms with Crippen LogP contribution < -0.4 is 15.0 Å². The Morgan fingerprint density at radius 1 is 1.33 bits per heavy atom. The van der Waals surface area contributed by atoms with Gasteiger partial charge in [-0.1, -0.05) is 17.7 Å². The molecule has 0 saturated heterocycles. The summed E-state index contributed by atoms with van der Waals surface area (Å²) in [6.07, 6.45) is 0. The normalized spacial score (nSPS) is 13.2. The van der Waals surface area contributed by atoms with Crippen molar-refractivity contribution in [1.82, 2.24) is 0 Å². The van der Waals surface area contributed by atoms with E-state index < -0.39 is 5.82 Å². The Kier molecular flexibility index (Phi) is 6.17. The molecule has 128 valence electrons. The molecule has 0 spiro atoms. The first kappa shape index (κ1) is 18.2. The molecule has 2 aromatic rings. The fraction of sp³-hybridized carbons (Fsp3) is 0.278. The number of hydrogen-bond acceptors (Lipinski definition) is 2. The van der Waals surface area contributed by atoms with Crippen LogP contribution in [0, 0.1) is 5.82 Å². The van der Waals surface area contributed by atoms with Gasteiger partial charge in [0.05, 0.1) is 14.2 Å². The number of benzene rings is 2. The third kappa shape index (κ3) is 4.69. The summed E-state index contributed by atoms with van der Waals surface area (Å²) in [7, 11) is 3.32. The van der Waals surface area contributed by atoms with Gasteiger partial charge >= 0.3 is 0 Å². The van der Waals surface area contributed by atoms with E-state index in [4.69, 9.17) is 16.3 Å². The van der Waals surface area contributed by atoms with Crippen LogP contribution >= 0.6 is 11.6 Å². The van der Waals surface area contributed by atoms with E-state index in [9.17, 15) is 9.18 Å². The molecule has 6 heteroatoms. The van der Waals surface area contributed by atoms with Crippen molar-refractivity contribution in [3.63, 3.8) is 0 Å². The van der Waals surface area contributed by atoms with Crippen molar-refractivity contribution in [2.24, 2.45) is 0 Å². The third-order valence-corrected chi connectivity index (χ3v) is 4.16. The Morgan fingerprint density at radius 2 is 2.08 bits per heavy atom. The Hall–Kier alpha value is -2.11. The number of carbonyl (C=O) groups is 1. The zero-order chi connectivity index (χ0) is 17.7. The van der Waals surface area contributed by atoms with Gasteiger partial charge in [0.2, 0.25) is 0 Å². The van der Waals surface area contributed by atoms with Gasteiger partial charge in [-0.15, -0.1) is 0 Å². The predicted molar refractivity (Wildman–Crippen MR) is 93.1 cm³/mol. The summed E-state index contributed by atoms with van der Waals surface area (Å²) >= 11 is 5.92. The monoisotopic (exact) mass is 351 g/mol. The first-order valence-corrected chi connectivity index (χ1v) is 7.99. The molecule has 0 fully saturated rings. The Labute approximate surface area is 146 Å². The van der Waals surface area contributed by atoms with Crippen LogP contribution in [0.3, 0.4) is 0 Å². The van der Waals surface area contributed by atoms with Crippen molar-refractivity contribution >= 4 is 23.2 Å². The van der Waals surface area contributed by atoms with E-state index in [1.807, 2.05) is 14.0 Å². The number of methoxy groups -OCH3 is 1. The predicted octanol–water partition coefficient (Wildman–Crippen LogP) is 2.53. The lowest BCUT2D eigenvalue weighted by Gasteiger charge is -2.21. The van der Waals surface area contributed by atoms with Gasteiger partial charge in [0.1, 0.15) is 6.54 Å². The van der Waals surface area contributed by atoms with Crippen molar-refractivity contribution in [2.75, 3.05) is 19.5 Å². The fourth-order valence-corrected chi connectivity index (χ4v) is 2.53. The van der Waals surface area contributed by atoms with Crippen LogP contribution in [0.2, 0.25) is 5.02 Å². The highest BCUT2D eigenvalue weighted by atomic mass is 35.5. The molecule has 0 radical (unpaired) electrons. The number of amides is 1. The van der Waals surface area contributed by atoms with Gasteiger partial charge < -0.3 is 15.0 Å². The molecule has 0 bridgehead atoms. The van der Waals surface area contributed by atoms with Crippen LogP contribution in [-0.2, 0) is 11.3 Å². The summed E-state index contributed by atoms with van der Waals surface area (Å²) in [5, 5.41) is 3.41. The Bertz CT molecular complexity index is 724. The van der Waals surface area contributed by atoms with E-state index in [2.05, 4.69) is 5.32 Å². The van der Waals surface area contributed by atoms with Crippen LogP contribution in [0.1, 0.15) is 12.5 Å². The van der Waals surface area contributed by atoms with E-state index in [1.165, 1.54) is 13.2 Å². The number of hydrogen-bond donors (Lipinski definition) is 2. The molecule has 0 aliphatic carbocycles. The summed E-state index contributed by atoms with van der Waals surface area (Å²) in [5.74, 6) is -0.314. The summed E-state index contributed by atoms with van der Waals surface area (Å²) in [6, 6.07) is 11.5. The minimum absolute atomic E-state index is 0.122. The highest BCUT2D eigenvalue weighted by Crippen LogP contribution is 2.17. The van der Waals surface area contributed by atoms with Crippen molar-refractivity contribution in [2.45, 2.75) is 19.5 Å². The molecule has 2 aromatic carbocycles. The van der Waals surface area contributed by atoms with E-state index in [0.29, 0.717) is 17.3 Å². The van der Waals surface area contributed by atoms with Crippen LogP contribution in [0.4, 0.5) is 10.1 Å². The molecule has 0 aromatic heterocycles. The molecule has 0 saturated carbocycles. The minimum Gasteiger partial charge on any atom is -0.494 e. The maximum atomic E-state index is 13.8. The van der Waals surface area contributed by atoms with Crippen LogP contribution in [-0.4, -0.2) is 26.1 Å². The smallest absolute Gasteiger partial charge is 0.282 e. The number of anilines is 1. The number of ether oxygens (including phenoxy) is 1. The summed E-state index contributed by atoms with van der Waals surface area (Å²) in [6.45, 7) is 2.35. The van der Waals surface area contributed by atoms with Crippen LogP contribution in [0.5, 0.6) is 5.75 Å². The largest absolute Gasteiger partial charge is 0.494 e. The second-order valence-electron chi connectivity index (χ2n) is 5.71. The lowest BCUT2D eigenvalue weighted by atomic mass is 10.1. The number of rotatable bonds is 6. The first-order chi connectivity index (χ1) is 11.4. The fourth-order valence-electron chi connectivity index (χ4n) is 2.34. The van der Waals surface area contributed by atoms with E-state index in [-0.39, 0.29) is 17.7 Å². The number of carbonyl (C=O) groups excluding carboxylic acids is 1. The molecule has 0 aliphatic heterocycles. The summed E-state index contributed by atoms with van der Waals surface area (Å²) in [4.78, 5) is 13.3. The lowest BCUT2D eigenvalue weighted by Crippen LogP contribution is -3.12. The van der Waals surface area contributed by atoms with Gasteiger partial charge in [-0.25, -0.2) is 4.39 Å². The summed E-state index contributed by atoms with van der Waals surface area (Å²) < 4.78 is 18.7. The second-order valence-corrected chi connectivity index (χ2v) is 6.15. The average Bonchev–Trinajstić information content (AvgIpc) is 2.54. The maximum Gasteiger partial charge on any atom is 0.282 e. The summed E-state index contributed by atoms with van der Waals surface area (Å²) in [5.41, 5.74) is 1.45. The van der Waals surface area contributed by atoms with Gasteiger partial charge in [-0.2, -0.15) is 0 Å². The van der Waals surface area contributed by atoms with Crippen LogP contribution in [0.15, 0.2) is 42.5 Å². The zero-order valence-electron chi connectivity index (χ0n) is 13.9. The standard InChI is InChI=1S/C18H20ClFN2O2/c1-12(18(23)21-15-6-4-5-14(19)10-15)22(2)11-13-7-8-17(24-3)16(20)9-13/h4-10,12H,11H2,1-3H3,(H,21,23)/p+1/t12-/m0/s1. The second kappa shape index (κ2) is 8.13.